The predicted octanol–water partition coefficient (Wildman–Crippen LogP) is 0.818. The third kappa shape index (κ3) is 3.83. The summed E-state index contributed by atoms with van der Waals surface area (Å²) in [5.41, 5.74) is 1.04. The van der Waals surface area contributed by atoms with Crippen LogP contribution < -0.4 is 5.32 Å². The van der Waals surface area contributed by atoms with Gasteiger partial charge in [0.05, 0.1) is 18.4 Å². The number of hydrogen-bond donors (Lipinski definition) is 1. The quantitative estimate of drug-likeness (QED) is 0.873. The summed E-state index contributed by atoms with van der Waals surface area (Å²) in [6.45, 7) is 4.25. The van der Waals surface area contributed by atoms with E-state index in [1.165, 1.54) is 0 Å². The second kappa shape index (κ2) is 6.58. The van der Waals surface area contributed by atoms with Gasteiger partial charge in [0.1, 0.15) is 12.4 Å². The average molecular weight is 293 g/mol. The minimum Gasteiger partial charge on any atom is -0.376 e. The Labute approximate surface area is 124 Å². The zero-order valence-corrected chi connectivity index (χ0v) is 12.5. The molecule has 1 aromatic heterocycles. The number of aryl methyl sites for hydroxylation is 2. The van der Waals surface area contributed by atoms with Crippen LogP contribution in [0.1, 0.15) is 30.8 Å². The van der Waals surface area contributed by atoms with Crippen molar-refractivity contribution in [3.63, 3.8) is 0 Å². The van der Waals surface area contributed by atoms with Crippen molar-refractivity contribution in [2.45, 2.75) is 51.3 Å². The standard InChI is InChI=1S/C15H23N3O3/c1-11-7-18-8-12(4-5-14(18)16-11)17-15(19)10-20-9-13-3-2-6-21-13/h7,12-13H,2-6,8-10H2,1H3,(H,17,19)/t12-,13+/m1/s1. The summed E-state index contributed by atoms with van der Waals surface area (Å²) in [6, 6.07) is 0.171. The van der Waals surface area contributed by atoms with E-state index in [1.807, 2.05) is 13.1 Å². The molecule has 116 valence electrons. The molecule has 21 heavy (non-hydrogen) atoms. The summed E-state index contributed by atoms with van der Waals surface area (Å²) in [7, 11) is 0. The molecule has 0 aromatic carbocycles. The molecule has 1 saturated heterocycles. The SMILES string of the molecule is Cc1cn2c(n1)CC[C@@H](NC(=O)COC[C@@H]1CCCO1)C2. The van der Waals surface area contributed by atoms with Gasteiger partial charge in [-0.3, -0.25) is 4.79 Å². The highest BCUT2D eigenvalue weighted by Gasteiger charge is 2.21. The topological polar surface area (TPSA) is 65.4 Å². The number of nitrogens with zero attached hydrogens (tertiary/aromatic N) is 2. The van der Waals surface area contributed by atoms with Crippen molar-refractivity contribution in [1.82, 2.24) is 14.9 Å². The molecule has 3 heterocycles. The van der Waals surface area contributed by atoms with E-state index in [0.717, 1.165) is 50.4 Å². The molecule has 6 nitrogen and oxygen atoms in total. The van der Waals surface area contributed by atoms with Crippen molar-refractivity contribution in [2.75, 3.05) is 19.8 Å². The highest BCUT2D eigenvalue weighted by molar-refractivity contribution is 5.77. The average Bonchev–Trinajstić information content (AvgIpc) is 3.06. The number of carbonyl (C=O) groups excluding carboxylic acids is 1. The zero-order valence-electron chi connectivity index (χ0n) is 12.5. The maximum absolute atomic E-state index is 11.9. The Hall–Kier alpha value is -1.40. The lowest BCUT2D eigenvalue weighted by atomic mass is 10.1. The van der Waals surface area contributed by atoms with E-state index < -0.39 is 0 Å². The second-order valence-corrected chi connectivity index (χ2v) is 5.90. The van der Waals surface area contributed by atoms with E-state index >= 15 is 0 Å². The van der Waals surface area contributed by atoms with Gasteiger partial charge in [0.15, 0.2) is 0 Å². The second-order valence-electron chi connectivity index (χ2n) is 5.90. The molecule has 3 rings (SSSR count). The van der Waals surface area contributed by atoms with Gasteiger partial charge < -0.3 is 19.4 Å². The molecule has 1 N–H and O–H groups in total. The van der Waals surface area contributed by atoms with Crippen LogP contribution in [0.5, 0.6) is 0 Å². The number of carbonyl (C=O) groups is 1. The van der Waals surface area contributed by atoms with Gasteiger partial charge in [0, 0.05) is 31.8 Å². The zero-order chi connectivity index (χ0) is 14.7. The normalized spacial score (nSPS) is 24.8. The molecule has 1 fully saturated rings. The molecule has 6 heteroatoms. The first-order valence-electron chi connectivity index (χ1n) is 7.72. The summed E-state index contributed by atoms with van der Waals surface area (Å²) in [5.74, 6) is 1.07. The lowest BCUT2D eigenvalue weighted by Gasteiger charge is -2.24. The molecule has 0 saturated carbocycles. The van der Waals surface area contributed by atoms with E-state index in [0.29, 0.717) is 6.61 Å². The molecule has 0 spiro atoms. The highest BCUT2D eigenvalue weighted by Crippen LogP contribution is 2.15. The fraction of sp³-hybridized carbons (Fsp3) is 0.733. The van der Waals surface area contributed by atoms with E-state index in [2.05, 4.69) is 14.9 Å². The first kappa shape index (κ1) is 14.5. The maximum atomic E-state index is 11.9. The lowest BCUT2D eigenvalue weighted by Crippen LogP contribution is -2.42. The van der Waals surface area contributed by atoms with Crippen LogP contribution in [-0.2, 0) is 27.2 Å². The Morgan fingerprint density at radius 2 is 2.48 bits per heavy atom. The smallest absolute Gasteiger partial charge is 0.246 e. The first-order chi connectivity index (χ1) is 10.2. The summed E-state index contributed by atoms with van der Waals surface area (Å²) in [4.78, 5) is 16.4. The van der Waals surface area contributed by atoms with Gasteiger partial charge in [-0.15, -0.1) is 0 Å². The lowest BCUT2D eigenvalue weighted by molar-refractivity contribution is -0.127. The monoisotopic (exact) mass is 293 g/mol. The molecule has 1 aromatic rings. The minimum atomic E-state index is -0.0433. The van der Waals surface area contributed by atoms with Crippen LogP contribution in [-0.4, -0.2) is 47.4 Å². The maximum Gasteiger partial charge on any atom is 0.246 e. The molecule has 1 amide bonds. The molecular formula is C15H23N3O3. The molecule has 0 unspecified atom stereocenters. The fourth-order valence-electron chi connectivity index (χ4n) is 3.03. The Morgan fingerprint density at radius 1 is 1.57 bits per heavy atom. The highest BCUT2D eigenvalue weighted by atomic mass is 16.5. The first-order valence-corrected chi connectivity index (χ1v) is 7.72. The fourth-order valence-corrected chi connectivity index (χ4v) is 3.03. The van der Waals surface area contributed by atoms with Gasteiger partial charge in [0.2, 0.25) is 5.91 Å². The van der Waals surface area contributed by atoms with Gasteiger partial charge in [-0.2, -0.15) is 0 Å². The van der Waals surface area contributed by atoms with E-state index in [1.54, 1.807) is 0 Å². The molecule has 0 radical (unpaired) electrons. The minimum absolute atomic E-state index is 0.0433. The van der Waals surface area contributed by atoms with Crippen LogP contribution in [0.3, 0.4) is 0 Å². The molecule has 2 aliphatic rings. The molecule has 0 aliphatic carbocycles. The Bertz CT molecular complexity index is 494. The number of hydrogen-bond acceptors (Lipinski definition) is 4. The van der Waals surface area contributed by atoms with Crippen molar-refractivity contribution in [3.05, 3.63) is 17.7 Å². The summed E-state index contributed by atoms with van der Waals surface area (Å²) >= 11 is 0. The predicted molar refractivity (Wildman–Crippen MR) is 77.0 cm³/mol. The Balaban J connectivity index is 1.39. The van der Waals surface area contributed by atoms with Crippen molar-refractivity contribution in [2.24, 2.45) is 0 Å². The van der Waals surface area contributed by atoms with Crippen molar-refractivity contribution >= 4 is 5.91 Å². The van der Waals surface area contributed by atoms with Gasteiger partial charge in [-0.1, -0.05) is 0 Å². The number of nitrogens with one attached hydrogen (secondary N) is 1. The number of aromatic nitrogens is 2. The molecule has 2 aliphatic heterocycles. The van der Waals surface area contributed by atoms with Crippen molar-refractivity contribution in [3.8, 4) is 0 Å². The van der Waals surface area contributed by atoms with Crippen molar-refractivity contribution in [1.29, 1.82) is 0 Å². The summed E-state index contributed by atoms with van der Waals surface area (Å²) in [5, 5.41) is 3.04. The number of rotatable bonds is 5. The van der Waals surface area contributed by atoms with E-state index in [9.17, 15) is 4.79 Å². The van der Waals surface area contributed by atoms with Crippen LogP contribution in [0.2, 0.25) is 0 Å². The number of imidazole rings is 1. The van der Waals surface area contributed by atoms with Crippen LogP contribution in [0, 0.1) is 6.92 Å². The Morgan fingerprint density at radius 3 is 3.29 bits per heavy atom. The summed E-state index contributed by atoms with van der Waals surface area (Å²) < 4.78 is 13.0. The third-order valence-electron chi connectivity index (χ3n) is 4.04. The molecule has 0 bridgehead atoms. The van der Waals surface area contributed by atoms with Gasteiger partial charge >= 0.3 is 0 Å². The number of amides is 1. The largest absolute Gasteiger partial charge is 0.376 e. The van der Waals surface area contributed by atoms with Crippen LogP contribution in [0.15, 0.2) is 6.20 Å². The Kier molecular flexibility index (Phi) is 4.55. The number of ether oxygens (including phenoxy) is 2. The summed E-state index contributed by atoms with van der Waals surface area (Å²) in [6.07, 6.45) is 6.19. The molecular weight excluding hydrogens is 270 g/mol. The third-order valence-corrected chi connectivity index (χ3v) is 4.04. The van der Waals surface area contributed by atoms with Crippen LogP contribution in [0.4, 0.5) is 0 Å². The van der Waals surface area contributed by atoms with Gasteiger partial charge in [0.25, 0.3) is 0 Å². The van der Waals surface area contributed by atoms with E-state index in [4.69, 9.17) is 9.47 Å². The molecule has 2 atom stereocenters. The van der Waals surface area contributed by atoms with Crippen LogP contribution in [0.25, 0.3) is 0 Å². The number of fused-ring (bicyclic) bond motifs is 1. The van der Waals surface area contributed by atoms with E-state index in [-0.39, 0.29) is 24.7 Å². The van der Waals surface area contributed by atoms with Gasteiger partial charge in [-0.25, -0.2) is 4.98 Å². The van der Waals surface area contributed by atoms with Crippen molar-refractivity contribution < 1.29 is 14.3 Å². The van der Waals surface area contributed by atoms with Gasteiger partial charge in [-0.05, 0) is 26.2 Å². The van der Waals surface area contributed by atoms with Crippen LogP contribution >= 0.6 is 0 Å².